The van der Waals surface area contributed by atoms with Crippen LogP contribution in [-0.4, -0.2) is 15.6 Å². The molecule has 1 fully saturated rings. The molecule has 1 amide bonds. The van der Waals surface area contributed by atoms with Gasteiger partial charge in [0.1, 0.15) is 5.70 Å². The summed E-state index contributed by atoms with van der Waals surface area (Å²) in [5.74, 6) is -0.211. The summed E-state index contributed by atoms with van der Waals surface area (Å²) in [5, 5.41) is 6.43. The number of aromatic nitrogens is 1. The van der Waals surface area contributed by atoms with Crippen LogP contribution >= 0.6 is 23.8 Å². The van der Waals surface area contributed by atoms with Gasteiger partial charge >= 0.3 is 0 Å². The lowest BCUT2D eigenvalue weighted by molar-refractivity contribution is -0.115. The van der Waals surface area contributed by atoms with Gasteiger partial charge in [-0.2, -0.15) is 0 Å². The number of hydrogen-bond acceptors (Lipinski definition) is 2. The highest BCUT2D eigenvalue weighted by atomic mass is 35.5. The van der Waals surface area contributed by atoms with Crippen LogP contribution < -0.4 is 10.6 Å². The summed E-state index contributed by atoms with van der Waals surface area (Å²) in [6.07, 6.45) is 1.80. The lowest BCUT2D eigenvalue weighted by Crippen LogP contribution is -2.21. The third kappa shape index (κ3) is 2.65. The number of benzene rings is 1. The molecule has 0 saturated carbocycles. The Morgan fingerprint density at radius 2 is 2.00 bits per heavy atom. The van der Waals surface area contributed by atoms with Crippen LogP contribution in [0.5, 0.6) is 0 Å². The lowest BCUT2D eigenvalue weighted by atomic mass is 10.2. The number of hydrogen-bond donors (Lipinski definition) is 2. The van der Waals surface area contributed by atoms with Gasteiger partial charge in [-0.3, -0.25) is 10.1 Å². The second-order valence-corrected chi connectivity index (χ2v) is 5.95. The van der Waals surface area contributed by atoms with E-state index in [-0.39, 0.29) is 5.91 Å². The van der Waals surface area contributed by atoms with Gasteiger partial charge in [-0.05, 0) is 62.0 Å². The van der Waals surface area contributed by atoms with Crippen molar-refractivity contribution in [1.29, 1.82) is 0 Å². The average Bonchev–Trinajstić information content (AvgIpc) is 2.90. The Hall–Kier alpha value is -2.11. The van der Waals surface area contributed by atoms with Crippen LogP contribution in [-0.2, 0) is 4.79 Å². The molecule has 2 aromatic rings. The normalized spacial score (nSPS) is 16.0. The molecule has 1 aromatic carbocycles. The third-order valence-corrected chi connectivity index (χ3v) is 4.00. The van der Waals surface area contributed by atoms with E-state index in [4.69, 9.17) is 23.8 Å². The van der Waals surface area contributed by atoms with Crippen LogP contribution in [0.3, 0.4) is 0 Å². The summed E-state index contributed by atoms with van der Waals surface area (Å²) in [7, 11) is 0. The largest absolute Gasteiger partial charge is 0.328 e. The number of carbonyl (C=O) groups excluding carboxylic acids is 1. The van der Waals surface area contributed by atoms with Crippen molar-refractivity contribution < 1.29 is 4.79 Å². The summed E-state index contributed by atoms with van der Waals surface area (Å²) in [6, 6.07) is 9.70. The first kappa shape index (κ1) is 14.8. The fourth-order valence-corrected chi connectivity index (χ4v) is 2.97. The van der Waals surface area contributed by atoms with Gasteiger partial charge in [-0.25, -0.2) is 0 Å². The Morgan fingerprint density at radius 3 is 2.64 bits per heavy atom. The second-order valence-electron chi connectivity index (χ2n) is 5.11. The molecule has 2 N–H and O–H groups in total. The van der Waals surface area contributed by atoms with E-state index < -0.39 is 0 Å². The molecule has 0 radical (unpaired) electrons. The second kappa shape index (κ2) is 5.59. The van der Waals surface area contributed by atoms with Gasteiger partial charge in [0.25, 0.3) is 5.91 Å². The fraction of sp³-hybridized carbons (Fsp3) is 0.125. The van der Waals surface area contributed by atoms with E-state index in [1.807, 2.05) is 44.2 Å². The maximum Gasteiger partial charge on any atom is 0.273 e. The van der Waals surface area contributed by atoms with Crippen molar-refractivity contribution in [3.8, 4) is 5.69 Å². The molecule has 0 bridgehead atoms. The van der Waals surface area contributed by atoms with E-state index in [1.54, 1.807) is 6.08 Å². The molecular weight excluding hydrogens is 318 g/mol. The first-order valence-electron chi connectivity index (χ1n) is 6.74. The highest BCUT2D eigenvalue weighted by Gasteiger charge is 2.21. The van der Waals surface area contributed by atoms with E-state index in [0.717, 1.165) is 22.6 Å². The van der Waals surface area contributed by atoms with Crippen LogP contribution in [0.4, 0.5) is 0 Å². The lowest BCUT2D eigenvalue weighted by Gasteiger charge is -2.10. The molecule has 0 spiro atoms. The van der Waals surface area contributed by atoms with Gasteiger partial charge in [-0.15, -0.1) is 0 Å². The zero-order valence-electron chi connectivity index (χ0n) is 12.1. The minimum Gasteiger partial charge on any atom is -0.328 e. The smallest absolute Gasteiger partial charge is 0.273 e. The molecule has 4 nitrogen and oxygen atoms in total. The molecule has 112 valence electrons. The van der Waals surface area contributed by atoms with Crippen LogP contribution in [0.25, 0.3) is 11.8 Å². The SMILES string of the molecule is Cc1cc(/C=C2/NC(=S)NC2=O)c(C)n1-c1cccc(Cl)c1. The molecule has 1 aromatic heterocycles. The Labute approximate surface area is 138 Å². The van der Waals surface area contributed by atoms with Crippen LogP contribution in [0, 0.1) is 13.8 Å². The minimum atomic E-state index is -0.211. The number of nitrogens with one attached hydrogen (secondary N) is 2. The highest BCUT2D eigenvalue weighted by Crippen LogP contribution is 2.24. The highest BCUT2D eigenvalue weighted by molar-refractivity contribution is 7.80. The summed E-state index contributed by atoms with van der Waals surface area (Å²) in [4.78, 5) is 11.8. The Bertz CT molecular complexity index is 823. The van der Waals surface area contributed by atoms with Crippen molar-refractivity contribution in [3.63, 3.8) is 0 Å². The van der Waals surface area contributed by atoms with Gasteiger partial charge in [0, 0.05) is 22.1 Å². The Kier molecular flexibility index (Phi) is 3.76. The molecule has 1 aliphatic rings. The summed E-state index contributed by atoms with van der Waals surface area (Å²) < 4.78 is 2.10. The summed E-state index contributed by atoms with van der Waals surface area (Å²) >= 11 is 11.0. The zero-order valence-corrected chi connectivity index (χ0v) is 13.7. The van der Waals surface area contributed by atoms with Crippen molar-refractivity contribution in [2.75, 3.05) is 0 Å². The number of carbonyl (C=O) groups is 1. The molecule has 1 saturated heterocycles. The minimum absolute atomic E-state index is 0.211. The monoisotopic (exact) mass is 331 g/mol. The van der Waals surface area contributed by atoms with Gasteiger partial charge in [-0.1, -0.05) is 17.7 Å². The number of thiocarbonyl (C=S) groups is 1. The number of amides is 1. The van der Waals surface area contributed by atoms with Crippen molar-refractivity contribution in [3.05, 3.63) is 58.0 Å². The average molecular weight is 332 g/mol. The van der Waals surface area contributed by atoms with Crippen molar-refractivity contribution in [2.24, 2.45) is 0 Å². The quantitative estimate of drug-likeness (QED) is 0.656. The number of nitrogens with zero attached hydrogens (tertiary/aromatic N) is 1. The zero-order chi connectivity index (χ0) is 15.9. The van der Waals surface area contributed by atoms with Crippen molar-refractivity contribution in [1.82, 2.24) is 15.2 Å². The summed E-state index contributed by atoms with van der Waals surface area (Å²) in [5.41, 5.74) is 4.50. The molecule has 0 unspecified atom stereocenters. The Balaban J connectivity index is 2.06. The number of aryl methyl sites for hydroxylation is 1. The maximum absolute atomic E-state index is 11.8. The number of halogens is 1. The maximum atomic E-state index is 11.8. The van der Waals surface area contributed by atoms with Crippen LogP contribution in [0.2, 0.25) is 5.02 Å². The van der Waals surface area contributed by atoms with Crippen LogP contribution in [0.1, 0.15) is 17.0 Å². The molecule has 3 rings (SSSR count). The molecule has 0 aliphatic carbocycles. The van der Waals surface area contributed by atoms with Gasteiger partial charge < -0.3 is 9.88 Å². The molecule has 6 heteroatoms. The number of rotatable bonds is 2. The topological polar surface area (TPSA) is 46.1 Å². The van der Waals surface area contributed by atoms with Crippen LogP contribution in [0.15, 0.2) is 36.0 Å². The third-order valence-electron chi connectivity index (χ3n) is 3.56. The van der Waals surface area contributed by atoms with Gasteiger partial charge in [0.15, 0.2) is 5.11 Å². The first-order chi connectivity index (χ1) is 10.5. The van der Waals surface area contributed by atoms with E-state index in [9.17, 15) is 4.79 Å². The fourth-order valence-electron chi connectivity index (χ4n) is 2.58. The molecule has 22 heavy (non-hydrogen) atoms. The first-order valence-corrected chi connectivity index (χ1v) is 7.53. The predicted molar refractivity (Wildman–Crippen MR) is 92.1 cm³/mol. The molecular formula is C16H14ClN3OS. The van der Waals surface area contributed by atoms with Crippen molar-refractivity contribution in [2.45, 2.75) is 13.8 Å². The van der Waals surface area contributed by atoms with Gasteiger partial charge in [0.2, 0.25) is 0 Å². The molecule has 0 atom stereocenters. The van der Waals surface area contributed by atoms with Gasteiger partial charge in [0.05, 0.1) is 0 Å². The Morgan fingerprint density at radius 1 is 1.23 bits per heavy atom. The summed E-state index contributed by atoms with van der Waals surface area (Å²) in [6.45, 7) is 4.02. The van der Waals surface area contributed by atoms with E-state index in [1.165, 1.54) is 0 Å². The molecule has 1 aliphatic heterocycles. The standard InChI is InChI=1S/C16H14ClN3OS/c1-9-6-11(7-14-15(21)19-16(22)18-14)10(2)20(9)13-5-3-4-12(17)8-13/h3-8H,1-2H3,(H2,18,19,21,22)/b14-7+. The molecule has 2 heterocycles. The predicted octanol–water partition coefficient (Wildman–Crippen LogP) is 3.09. The van der Waals surface area contributed by atoms with E-state index in [0.29, 0.717) is 15.8 Å². The van der Waals surface area contributed by atoms with E-state index in [2.05, 4.69) is 15.2 Å². The van der Waals surface area contributed by atoms with Crippen molar-refractivity contribution >= 4 is 40.9 Å². The van der Waals surface area contributed by atoms with E-state index >= 15 is 0 Å².